The Morgan fingerprint density at radius 2 is 2.33 bits per heavy atom. The van der Waals surface area contributed by atoms with Crippen molar-refractivity contribution < 1.29 is 0 Å². The number of fused-ring (bicyclic) bond motifs is 1. The number of H-pyrrole nitrogens is 1. The van der Waals surface area contributed by atoms with Crippen molar-refractivity contribution in [2.24, 2.45) is 0 Å². The van der Waals surface area contributed by atoms with Gasteiger partial charge in [-0.05, 0) is 43.6 Å². The molecule has 4 nitrogen and oxygen atoms in total. The lowest BCUT2D eigenvalue weighted by Crippen LogP contribution is -2.45. The average molecular weight is 302 g/mol. The zero-order chi connectivity index (χ0) is 14.7. The van der Waals surface area contributed by atoms with Gasteiger partial charge < -0.3 is 15.2 Å². The van der Waals surface area contributed by atoms with Gasteiger partial charge in [-0.15, -0.1) is 0 Å². The molecule has 112 valence electrons. The highest BCUT2D eigenvalue weighted by atomic mass is 32.1. The molecule has 1 atom stereocenters. The van der Waals surface area contributed by atoms with E-state index in [4.69, 9.17) is 17.2 Å². The highest BCUT2D eigenvalue weighted by Gasteiger charge is 2.25. The van der Waals surface area contributed by atoms with Crippen LogP contribution < -0.4 is 5.32 Å². The third-order valence-corrected chi connectivity index (χ3v) is 4.43. The summed E-state index contributed by atoms with van der Waals surface area (Å²) in [5.41, 5.74) is 2.17. The lowest BCUT2D eigenvalue weighted by atomic mass is 9.98. The van der Waals surface area contributed by atoms with E-state index in [0.29, 0.717) is 5.92 Å². The molecule has 1 aromatic carbocycles. The minimum Gasteiger partial charge on any atom is -0.363 e. The number of rotatable bonds is 3. The number of thiocarbonyl (C=S) groups is 1. The molecule has 1 saturated heterocycles. The monoisotopic (exact) mass is 302 g/mol. The number of hydrogen-bond acceptors (Lipinski definition) is 2. The summed E-state index contributed by atoms with van der Waals surface area (Å²) in [6.45, 7) is 5.11. The normalized spacial score (nSPS) is 18.9. The zero-order valence-electron chi connectivity index (χ0n) is 12.4. The van der Waals surface area contributed by atoms with Crippen LogP contribution in [-0.4, -0.2) is 39.6 Å². The van der Waals surface area contributed by atoms with Gasteiger partial charge >= 0.3 is 0 Å². The van der Waals surface area contributed by atoms with Gasteiger partial charge in [0.05, 0.1) is 11.0 Å². The van der Waals surface area contributed by atoms with Crippen molar-refractivity contribution in [1.29, 1.82) is 0 Å². The predicted molar refractivity (Wildman–Crippen MR) is 90.5 cm³/mol. The van der Waals surface area contributed by atoms with Gasteiger partial charge in [-0.2, -0.15) is 0 Å². The van der Waals surface area contributed by atoms with Crippen molar-refractivity contribution in [2.45, 2.75) is 32.1 Å². The summed E-state index contributed by atoms with van der Waals surface area (Å²) in [7, 11) is 0. The highest BCUT2D eigenvalue weighted by Crippen LogP contribution is 2.26. The Kier molecular flexibility index (Phi) is 4.39. The van der Waals surface area contributed by atoms with E-state index in [1.165, 1.54) is 6.42 Å². The predicted octanol–water partition coefficient (Wildman–Crippen LogP) is 3.03. The number of nitrogens with one attached hydrogen (secondary N) is 2. The second kappa shape index (κ2) is 6.43. The van der Waals surface area contributed by atoms with Crippen LogP contribution in [0.1, 0.15) is 37.9 Å². The van der Waals surface area contributed by atoms with Crippen LogP contribution in [0.25, 0.3) is 11.0 Å². The number of aromatic amines is 1. The highest BCUT2D eigenvalue weighted by molar-refractivity contribution is 7.80. The Hall–Kier alpha value is -1.62. The minimum atomic E-state index is 0.438. The molecule has 21 heavy (non-hydrogen) atoms. The maximum atomic E-state index is 5.49. The van der Waals surface area contributed by atoms with Gasteiger partial charge in [0.1, 0.15) is 5.82 Å². The number of piperidine rings is 1. The fraction of sp³-hybridized carbons (Fsp3) is 0.500. The number of aromatic nitrogens is 2. The third kappa shape index (κ3) is 3.18. The fourth-order valence-electron chi connectivity index (χ4n) is 2.89. The number of para-hydroxylation sites is 2. The Bertz CT molecular complexity index is 589. The molecule has 2 aromatic rings. The van der Waals surface area contributed by atoms with Crippen LogP contribution in [0, 0.1) is 0 Å². The number of benzene rings is 1. The Morgan fingerprint density at radius 1 is 1.48 bits per heavy atom. The van der Waals surface area contributed by atoms with Crippen molar-refractivity contribution in [3.8, 4) is 0 Å². The van der Waals surface area contributed by atoms with E-state index in [2.05, 4.69) is 34.3 Å². The van der Waals surface area contributed by atoms with E-state index in [-0.39, 0.29) is 0 Å². The lowest BCUT2D eigenvalue weighted by Gasteiger charge is -2.33. The topological polar surface area (TPSA) is 44.0 Å². The molecule has 1 aromatic heterocycles. The first-order valence-corrected chi connectivity index (χ1v) is 8.16. The lowest BCUT2D eigenvalue weighted by molar-refractivity contribution is 0.300. The summed E-state index contributed by atoms with van der Waals surface area (Å²) < 4.78 is 0. The van der Waals surface area contributed by atoms with Gasteiger partial charge in [0.15, 0.2) is 5.11 Å². The quantitative estimate of drug-likeness (QED) is 0.856. The molecule has 5 heteroatoms. The Morgan fingerprint density at radius 3 is 3.14 bits per heavy atom. The SMILES string of the molecule is CCCNC(=S)N1CCC[C@H](c2nc3ccccc3[nH]2)C1. The van der Waals surface area contributed by atoms with Crippen molar-refractivity contribution in [3.63, 3.8) is 0 Å². The van der Waals surface area contributed by atoms with Crippen molar-refractivity contribution in [3.05, 3.63) is 30.1 Å². The van der Waals surface area contributed by atoms with Crippen molar-refractivity contribution >= 4 is 28.4 Å². The first-order valence-electron chi connectivity index (χ1n) is 7.75. The molecule has 2 heterocycles. The summed E-state index contributed by atoms with van der Waals surface area (Å²) in [4.78, 5) is 10.5. The van der Waals surface area contributed by atoms with Gasteiger partial charge in [-0.3, -0.25) is 0 Å². The molecule has 0 unspecified atom stereocenters. The van der Waals surface area contributed by atoms with Gasteiger partial charge in [0, 0.05) is 25.6 Å². The number of nitrogens with zero attached hydrogens (tertiary/aromatic N) is 2. The van der Waals surface area contributed by atoms with Crippen LogP contribution in [0.15, 0.2) is 24.3 Å². The Labute approximate surface area is 130 Å². The van der Waals surface area contributed by atoms with Gasteiger partial charge in [0.2, 0.25) is 0 Å². The standard InChI is InChI=1S/C16H22N4S/c1-2-9-17-16(21)20-10-5-6-12(11-20)15-18-13-7-3-4-8-14(13)19-15/h3-4,7-8,12H,2,5-6,9-11H2,1H3,(H,17,21)(H,18,19)/t12-/m0/s1. The summed E-state index contributed by atoms with van der Waals surface area (Å²) >= 11 is 5.49. The zero-order valence-corrected chi connectivity index (χ0v) is 13.2. The molecule has 1 aliphatic heterocycles. The summed E-state index contributed by atoms with van der Waals surface area (Å²) in [6, 6.07) is 8.22. The molecule has 0 aliphatic carbocycles. The van der Waals surface area contributed by atoms with Crippen LogP contribution in [0.3, 0.4) is 0 Å². The minimum absolute atomic E-state index is 0.438. The number of imidazole rings is 1. The van der Waals surface area contributed by atoms with E-state index < -0.39 is 0 Å². The first kappa shape index (κ1) is 14.3. The van der Waals surface area contributed by atoms with Crippen molar-refractivity contribution in [1.82, 2.24) is 20.2 Å². The molecule has 0 radical (unpaired) electrons. The van der Waals surface area contributed by atoms with Crippen LogP contribution in [0.4, 0.5) is 0 Å². The Balaban J connectivity index is 1.72. The van der Waals surface area contributed by atoms with Crippen LogP contribution >= 0.6 is 12.2 Å². The van der Waals surface area contributed by atoms with Crippen LogP contribution in [-0.2, 0) is 0 Å². The summed E-state index contributed by atoms with van der Waals surface area (Å²) in [5, 5.41) is 4.21. The fourth-order valence-corrected chi connectivity index (χ4v) is 3.16. The van der Waals surface area contributed by atoms with Crippen LogP contribution in [0.2, 0.25) is 0 Å². The average Bonchev–Trinajstić information content (AvgIpc) is 2.97. The van der Waals surface area contributed by atoms with Crippen LogP contribution in [0.5, 0.6) is 0 Å². The van der Waals surface area contributed by atoms with Gasteiger partial charge in [-0.1, -0.05) is 19.1 Å². The van der Waals surface area contributed by atoms with E-state index >= 15 is 0 Å². The third-order valence-electron chi connectivity index (χ3n) is 4.03. The maximum absolute atomic E-state index is 5.49. The van der Waals surface area contributed by atoms with E-state index in [1.54, 1.807) is 0 Å². The molecule has 0 spiro atoms. The summed E-state index contributed by atoms with van der Waals surface area (Å²) in [5.74, 6) is 1.53. The van der Waals surface area contributed by atoms with Gasteiger partial charge in [0.25, 0.3) is 0 Å². The first-order chi connectivity index (χ1) is 10.3. The van der Waals surface area contributed by atoms with E-state index in [1.807, 2.05) is 12.1 Å². The van der Waals surface area contributed by atoms with E-state index in [0.717, 1.165) is 54.4 Å². The molecule has 3 rings (SSSR count). The molecule has 2 N–H and O–H groups in total. The van der Waals surface area contributed by atoms with Crippen molar-refractivity contribution in [2.75, 3.05) is 19.6 Å². The second-order valence-corrected chi connectivity index (χ2v) is 6.04. The summed E-state index contributed by atoms with van der Waals surface area (Å²) in [6.07, 6.45) is 3.43. The number of hydrogen-bond donors (Lipinski definition) is 2. The molecule has 1 fully saturated rings. The van der Waals surface area contributed by atoms with Gasteiger partial charge in [-0.25, -0.2) is 4.98 Å². The second-order valence-electron chi connectivity index (χ2n) is 5.66. The molecule has 1 aliphatic rings. The maximum Gasteiger partial charge on any atom is 0.168 e. The number of likely N-dealkylation sites (tertiary alicyclic amines) is 1. The molecule has 0 saturated carbocycles. The molecule has 0 amide bonds. The molecular weight excluding hydrogens is 280 g/mol. The van der Waals surface area contributed by atoms with E-state index in [9.17, 15) is 0 Å². The molecular formula is C16H22N4S. The largest absolute Gasteiger partial charge is 0.363 e. The smallest absolute Gasteiger partial charge is 0.168 e. The molecule has 0 bridgehead atoms.